The molecule has 2 aromatic rings. The summed E-state index contributed by atoms with van der Waals surface area (Å²) in [6, 6.07) is 3.64. The van der Waals surface area contributed by atoms with E-state index in [2.05, 4.69) is 9.98 Å². The van der Waals surface area contributed by atoms with Gasteiger partial charge in [0, 0.05) is 24.2 Å². The van der Waals surface area contributed by atoms with Crippen molar-refractivity contribution in [1.82, 2.24) is 9.38 Å². The molecule has 2 heterocycles. The zero-order valence-electron chi connectivity index (χ0n) is 11.1. The molecule has 0 aliphatic carbocycles. The van der Waals surface area contributed by atoms with Crippen LogP contribution in [-0.4, -0.2) is 28.7 Å². The molecule has 0 amide bonds. The first-order valence-electron chi connectivity index (χ1n) is 5.92. The van der Waals surface area contributed by atoms with Gasteiger partial charge in [0.05, 0.1) is 12.8 Å². The normalized spacial score (nSPS) is 12.3. The van der Waals surface area contributed by atoms with Crippen molar-refractivity contribution in [1.29, 1.82) is 0 Å². The first-order chi connectivity index (χ1) is 9.21. The van der Waals surface area contributed by atoms with Gasteiger partial charge in [-0.05, 0) is 26.0 Å². The number of fused-ring (bicyclic) bond motifs is 1. The van der Waals surface area contributed by atoms with Crippen molar-refractivity contribution in [2.75, 3.05) is 7.11 Å². The summed E-state index contributed by atoms with van der Waals surface area (Å²) in [4.78, 5) is 20.3. The lowest BCUT2D eigenvalue weighted by atomic mass is 10.1. The van der Waals surface area contributed by atoms with Gasteiger partial charge in [-0.25, -0.2) is 9.78 Å². The number of aliphatic imine (C=N–C) groups is 1. The minimum atomic E-state index is -0.402. The standard InChI is InChI=1S/C14H15N3O2/c1-4-11(15-5-2)10-8-12(14(18)19-3)17-7-6-16-13(17)9-10/h4-9H,1-3H3/b11-4-,15-5?. The molecule has 5 heteroatoms. The van der Waals surface area contributed by atoms with Crippen molar-refractivity contribution in [2.24, 2.45) is 4.99 Å². The van der Waals surface area contributed by atoms with Crippen LogP contribution >= 0.6 is 0 Å². The summed E-state index contributed by atoms with van der Waals surface area (Å²) in [6.45, 7) is 3.74. The van der Waals surface area contributed by atoms with Crippen LogP contribution in [0.1, 0.15) is 29.9 Å². The quantitative estimate of drug-likeness (QED) is 0.627. The Morgan fingerprint density at radius 2 is 2.21 bits per heavy atom. The second kappa shape index (κ2) is 5.48. The van der Waals surface area contributed by atoms with E-state index in [1.807, 2.05) is 26.0 Å². The Morgan fingerprint density at radius 3 is 2.84 bits per heavy atom. The molecule has 98 valence electrons. The smallest absolute Gasteiger partial charge is 0.355 e. The van der Waals surface area contributed by atoms with E-state index in [9.17, 15) is 4.79 Å². The van der Waals surface area contributed by atoms with Gasteiger partial charge in [-0.15, -0.1) is 0 Å². The molecule has 0 aliphatic heterocycles. The molecule has 0 bridgehead atoms. The van der Waals surface area contributed by atoms with Gasteiger partial charge in [0.25, 0.3) is 0 Å². The second-order valence-electron chi connectivity index (χ2n) is 3.84. The maximum atomic E-state index is 11.8. The summed E-state index contributed by atoms with van der Waals surface area (Å²) in [6.07, 6.45) is 6.96. The number of hydrogen-bond donors (Lipinski definition) is 0. The Labute approximate surface area is 111 Å². The highest BCUT2D eigenvalue weighted by molar-refractivity contribution is 5.90. The van der Waals surface area contributed by atoms with Gasteiger partial charge in [-0.3, -0.25) is 9.39 Å². The highest BCUT2D eigenvalue weighted by atomic mass is 16.5. The van der Waals surface area contributed by atoms with Crippen molar-refractivity contribution in [3.63, 3.8) is 0 Å². The predicted octanol–water partition coefficient (Wildman–Crippen LogP) is 2.57. The van der Waals surface area contributed by atoms with E-state index < -0.39 is 5.97 Å². The Morgan fingerprint density at radius 1 is 1.42 bits per heavy atom. The molecule has 0 aromatic carbocycles. The van der Waals surface area contributed by atoms with E-state index in [-0.39, 0.29) is 0 Å². The highest BCUT2D eigenvalue weighted by Crippen LogP contribution is 2.20. The Hall–Kier alpha value is -2.43. The van der Waals surface area contributed by atoms with E-state index in [1.54, 1.807) is 29.1 Å². The largest absolute Gasteiger partial charge is 0.464 e. The summed E-state index contributed by atoms with van der Waals surface area (Å²) in [5.74, 6) is -0.402. The zero-order valence-corrected chi connectivity index (χ0v) is 11.1. The number of nitrogens with zero attached hydrogens (tertiary/aromatic N) is 3. The number of carbonyl (C=O) groups excluding carboxylic acids is 1. The van der Waals surface area contributed by atoms with E-state index in [4.69, 9.17) is 4.74 Å². The van der Waals surface area contributed by atoms with Crippen LogP contribution in [0.2, 0.25) is 0 Å². The van der Waals surface area contributed by atoms with Gasteiger partial charge in [0.15, 0.2) is 0 Å². The minimum Gasteiger partial charge on any atom is -0.464 e. The molecule has 0 saturated heterocycles. The molecule has 0 atom stereocenters. The van der Waals surface area contributed by atoms with Crippen molar-refractivity contribution in [2.45, 2.75) is 13.8 Å². The van der Waals surface area contributed by atoms with Crippen LogP contribution in [0.3, 0.4) is 0 Å². The lowest BCUT2D eigenvalue weighted by Crippen LogP contribution is -2.08. The molecule has 5 nitrogen and oxygen atoms in total. The first kappa shape index (κ1) is 13.0. The van der Waals surface area contributed by atoms with Gasteiger partial charge in [-0.2, -0.15) is 0 Å². The van der Waals surface area contributed by atoms with Gasteiger partial charge in [0.2, 0.25) is 0 Å². The maximum absolute atomic E-state index is 11.8. The molecular formula is C14H15N3O2. The number of allylic oxidation sites excluding steroid dienone is 1. The number of imidazole rings is 1. The molecule has 0 aliphatic rings. The number of esters is 1. The summed E-state index contributed by atoms with van der Waals surface area (Å²) in [5, 5.41) is 0. The highest BCUT2D eigenvalue weighted by Gasteiger charge is 2.13. The molecule has 0 fully saturated rings. The van der Waals surface area contributed by atoms with Gasteiger partial charge < -0.3 is 4.74 Å². The SMILES string of the molecule is CC=N/C(=C\C)c1cc(C(=O)OC)n2ccnc2c1. The number of ether oxygens (including phenoxy) is 1. The topological polar surface area (TPSA) is 56.0 Å². The maximum Gasteiger partial charge on any atom is 0.355 e. The summed E-state index contributed by atoms with van der Waals surface area (Å²) < 4.78 is 6.49. The average molecular weight is 257 g/mol. The molecule has 19 heavy (non-hydrogen) atoms. The van der Waals surface area contributed by atoms with Crippen LogP contribution in [0.4, 0.5) is 0 Å². The lowest BCUT2D eigenvalue weighted by Gasteiger charge is -2.07. The third-order valence-corrected chi connectivity index (χ3v) is 2.74. The molecule has 0 spiro atoms. The molecule has 0 saturated carbocycles. The van der Waals surface area contributed by atoms with Crippen molar-refractivity contribution in [3.8, 4) is 0 Å². The van der Waals surface area contributed by atoms with Crippen molar-refractivity contribution < 1.29 is 9.53 Å². The number of hydrogen-bond acceptors (Lipinski definition) is 4. The molecule has 2 rings (SSSR count). The second-order valence-corrected chi connectivity index (χ2v) is 3.84. The summed E-state index contributed by atoms with van der Waals surface area (Å²) in [7, 11) is 1.36. The van der Waals surface area contributed by atoms with Crippen LogP contribution in [-0.2, 0) is 4.74 Å². The molecule has 0 radical (unpaired) electrons. The van der Waals surface area contributed by atoms with Gasteiger partial charge >= 0.3 is 5.97 Å². The number of methoxy groups -OCH3 is 1. The third-order valence-electron chi connectivity index (χ3n) is 2.74. The molecule has 0 N–H and O–H groups in total. The molecular weight excluding hydrogens is 242 g/mol. The van der Waals surface area contributed by atoms with Crippen LogP contribution in [0.5, 0.6) is 0 Å². The average Bonchev–Trinajstić information content (AvgIpc) is 2.91. The summed E-state index contributed by atoms with van der Waals surface area (Å²) >= 11 is 0. The predicted molar refractivity (Wildman–Crippen MR) is 74.3 cm³/mol. The summed E-state index contributed by atoms with van der Waals surface area (Å²) in [5.41, 5.74) is 2.74. The number of pyridine rings is 1. The van der Waals surface area contributed by atoms with Crippen LogP contribution in [0, 0.1) is 0 Å². The molecule has 2 aromatic heterocycles. The van der Waals surface area contributed by atoms with E-state index in [0.717, 1.165) is 11.3 Å². The monoisotopic (exact) mass is 257 g/mol. The third kappa shape index (κ3) is 2.40. The van der Waals surface area contributed by atoms with Crippen LogP contribution in [0.25, 0.3) is 11.3 Å². The fraction of sp³-hybridized carbons (Fsp3) is 0.214. The number of carbonyl (C=O) groups is 1. The van der Waals surface area contributed by atoms with Gasteiger partial charge in [-0.1, -0.05) is 6.08 Å². The Kier molecular flexibility index (Phi) is 3.75. The van der Waals surface area contributed by atoms with E-state index in [1.165, 1.54) is 7.11 Å². The fourth-order valence-electron chi connectivity index (χ4n) is 1.89. The van der Waals surface area contributed by atoms with Crippen molar-refractivity contribution >= 4 is 23.5 Å². The lowest BCUT2D eigenvalue weighted by molar-refractivity contribution is 0.0592. The van der Waals surface area contributed by atoms with E-state index in [0.29, 0.717) is 11.3 Å². The Balaban J connectivity index is 2.67. The number of rotatable bonds is 3. The van der Waals surface area contributed by atoms with Crippen LogP contribution in [0.15, 0.2) is 35.6 Å². The fourth-order valence-corrected chi connectivity index (χ4v) is 1.89. The van der Waals surface area contributed by atoms with Crippen molar-refractivity contribution in [3.05, 3.63) is 41.9 Å². The number of aromatic nitrogens is 2. The van der Waals surface area contributed by atoms with E-state index >= 15 is 0 Å². The van der Waals surface area contributed by atoms with Gasteiger partial charge in [0.1, 0.15) is 11.3 Å². The minimum absolute atomic E-state index is 0.402. The first-order valence-corrected chi connectivity index (χ1v) is 5.92. The van der Waals surface area contributed by atoms with Crippen LogP contribution < -0.4 is 0 Å². The molecule has 0 unspecified atom stereocenters. The Bertz CT molecular complexity index is 668. The zero-order chi connectivity index (χ0) is 13.8.